The molecule has 0 radical (unpaired) electrons. The molecular weight excluding hydrogens is 406 g/mol. The van der Waals surface area contributed by atoms with E-state index >= 15 is 0 Å². The lowest BCUT2D eigenvalue weighted by Gasteiger charge is -2.34. The predicted octanol–water partition coefficient (Wildman–Crippen LogP) is 3.74. The van der Waals surface area contributed by atoms with Crippen molar-refractivity contribution in [1.29, 1.82) is 0 Å². The molecule has 1 aromatic heterocycles. The summed E-state index contributed by atoms with van der Waals surface area (Å²) >= 11 is 1.31. The Bertz CT molecular complexity index is 1080. The van der Waals surface area contributed by atoms with Crippen LogP contribution < -0.4 is 10.2 Å². The molecule has 0 aliphatic carbocycles. The number of fused-ring (bicyclic) bond motifs is 1. The Morgan fingerprint density at radius 2 is 1.87 bits per heavy atom. The van der Waals surface area contributed by atoms with E-state index in [2.05, 4.69) is 20.1 Å². The topological polar surface area (TPSA) is 48.5 Å². The van der Waals surface area contributed by atoms with Crippen LogP contribution in [0.4, 0.5) is 13.9 Å². The molecular formula is C22H24F2N4OS. The van der Waals surface area contributed by atoms with E-state index in [4.69, 9.17) is 0 Å². The Balaban J connectivity index is 1.27. The van der Waals surface area contributed by atoms with Gasteiger partial charge in [0.25, 0.3) is 5.91 Å². The standard InChI is InChI=1S/C22H24F2N4OS/c1-14-3-4-16(11-15(14)2)21(29)25-5-6-27-7-9-28(10-8-27)22-26-20-18(24)12-17(23)13-19(20)30-22/h3-4,11-13H,5-10H2,1-2H3,(H,25,29). The molecule has 8 heteroatoms. The van der Waals surface area contributed by atoms with Gasteiger partial charge in [0, 0.05) is 50.9 Å². The zero-order chi connectivity index (χ0) is 21.3. The zero-order valence-corrected chi connectivity index (χ0v) is 17.9. The van der Waals surface area contributed by atoms with Crippen molar-refractivity contribution < 1.29 is 13.6 Å². The average molecular weight is 431 g/mol. The molecule has 0 bridgehead atoms. The highest BCUT2D eigenvalue weighted by atomic mass is 32.1. The zero-order valence-electron chi connectivity index (χ0n) is 17.0. The number of carbonyl (C=O) groups is 1. The van der Waals surface area contributed by atoms with Gasteiger partial charge in [0.15, 0.2) is 10.9 Å². The first-order valence-electron chi connectivity index (χ1n) is 9.99. The number of amides is 1. The summed E-state index contributed by atoms with van der Waals surface area (Å²) in [5.74, 6) is -1.26. The molecule has 2 heterocycles. The van der Waals surface area contributed by atoms with Gasteiger partial charge in [-0.25, -0.2) is 13.8 Å². The molecule has 5 nitrogen and oxygen atoms in total. The van der Waals surface area contributed by atoms with E-state index in [0.29, 0.717) is 16.8 Å². The van der Waals surface area contributed by atoms with Crippen LogP contribution >= 0.6 is 11.3 Å². The summed E-state index contributed by atoms with van der Waals surface area (Å²) in [5.41, 5.74) is 3.19. The fraction of sp³-hybridized carbons (Fsp3) is 0.364. The van der Waals surface area contributed by atoms with Crippen molar-refractivity contribution in [3.05, 3.63) is 58.7 Å². The second-order valence-corrected chi connectivity index (χ2v) is 8.62. The van der Waals surface area contributed by atoms with Crippen molar-refractivity contribution in [2.75, 3.05) is 44.2 Å². The predicted molar refractivity (Wildman–Crippen MR) is 116 cm³/mol. The number of carbonyl (C=O) groups excluding carboxylic acids is 1. The van der Waals surface area contributed by atoms with Crippen molar-refractivity contribution in [2.45, 2.75) is 13.8 Å². The van der Waals surface area contributed by atoms with E-state index in [-0.39, 0.29) is 11.4 Å². The van der Waals surface area contributed by atoms with Crippen LogP contribution in [-0.4, -0.2) is 55.1 Å². The number of aryl methyl sites for hydroxylation is 2. The smallest absolute Gasteiger partial charge is 0.251 e. The minimum absolute atomic E-state index is 0.0551. The molecule has 30 heavy (non-hydrogen) atoms. The first-order chi connectivity index (χ1) is 14.4. The molecule has 1 aliphatic heterocycles. The van der Waals surface area contributed by atoms with Crippen molar-refractivity contribution in [3.8, 4) is 0 Å². The van der Waals surface area contributed by atoms with Crippen LogP contribution in [0, 0.1) is 25.5 Å². The lowest BCUT2D eigenvalue weighted by atomic mass is 10.1. The van der Waals surface area contributed by atoms with E-state index in [1.807, 2.05) is 32.0 Å². The fourth-order valence-corrected chi connectivity index (χ4v) is 4.61. The van der Waals surface area contributed by atoms with Crippen molar-refractivity contribution >= 4 is 32.6 Å². The lowest BCUT2D eigenvalue weighted by molar-refractivity contribution is 0.0947. The number of hydrogen-bond acceptors (Lipinski definition) is 5. The van der Waals surface area contributed by atoms with E-state index in [0.717, 1.165) is 49.5 Å². The summed E-state index contributed by atoms with van der Waals surface area (Å²) in [6.45, 7) is 8.55. The summed E-state index contributed by atoms with van der Waals surface area (Å²) in [4.78, 5) is 21.1. The van der Waals surface area contributed by atoms with Gasteiger partial charge in [-0.2, -0.15) is 0 Å². The largest absolute Gasteiger partial charge is 0.351 e. The third kappa shape index (κ3) is 4.44. The minimum atomic E-state index is -0.620. The Hall–Kier alpha value is -2.58. The summed E-state index contributed by atoms with van der Waals surface area (Å²) in [6, 6.07) is 7.93. The number of nitrogens with zero attached hydrogens (tertiary/aromatic N) is 3. The molecule has 1 saturated heterocycles. The van der Waals surface area contributed by atoms with Gasteiger partial charge in [0.2, 0.25) is 0 Å². The van der Waals surface area contributed by atoms with Gasteiger partial charge in [-0.3, -0.25) is 9.69 Å². The molecule has 0 atom stereocenters. The maximum absolute atomic E-state index is 13.9. The maximum atomic E-state index is 13.9. The number of anilines is 1. The number of halogens is 2. The van der Waals surface area contributed by atoms with Crippen molar-refractivity contribution in [3.63, 3.8) is 0 Å². The Morgan fingerprint density at radius 3 is 2.60 bits per heavy atom. The Morgan fingerprint density at radius 1 is 1.10 bits per heavy atom. The van der Waals surface area contributed by atoms with Gasteiger partial charge in [0.1, 0.15) is 11.3 Å². The number of aromatic nitrogens is 1. The van der Waals surface area contributed by atoms with Crippen LogP contribution in [0.25, 0.3) is 10.2 Å². The molecule has 1 aliphatic rings. The fourth-order valence-electron chi connectivity index (χ4n) is 3.56. The number of thiazole rings is 1. The number of rotatable bonds is 5. The van der Waals surface area contributed by atoms with Gasteiger partial charge in [-0.15, -0.1) is 0 Å². The SMILES string of the molecule is Cc1ccc(C(=O)NCCN2CCN(c3nc4c(F)cc(F)cc4s3)CC2)cc1C. The number of piperazine rings is 1. The first-order valence-corrected chi connectivity index (χ1v) is 10.8. The van der Waals surface area contributed by atoms with Crippen LogP contribution in [0.15, 0.2) is 30.3 Å². The normalized spacial score (nSPS) is 15.0. The lowest BCUT2D eigenvalue weighted by Crippen LogP contribution is -2.48. The first kappa shape index (κ1) is 20.7. The number of hydrogen-bond donors (Lipinski definition) is 1. The van der Waals surface area contributed by atoms with Crippen LogP contribution in [0.2, 0.25) is 0 Å². The molecule has 4 rings (SSSR count). The van der Waals surface area contributed by atoms with Gasteiger partial charge in [-0.05, 0) is 43.2 Å². The molecule has 0 saturated carbocycles. The highest BCUT2D eigenvalue weighted by Crippen LogP contribution is 2.31. The third-order valence-electron chi connectivity index (χ3n) is 5.53. The quantitative estimate of drug-likeness (QED) is 0.670. The van der Waals surface area contributed by atoms with E-state index in [9.17, 15) is 13.6 Å². The van der Waals surface area contributed by atoms with E-state index in [1.54, 1.807) is 0 Å². The van der Waals surface area contributed by atoms with Crippen molar-refractivity contribution in [2.24, 2.45) is 0 Å². The third-order valence-corrected chi connectivity index (χ3v) is 6.59. The van der Waals surface area contributed by atoms with Crippen molar-refractivity contribution in [1.82, 2.24) is 15.2 Å². The highest BCUT2D eigenvalue weighted by molar-refractivity contribution is 7.22. The molecule has 3 aromatic rings. The monoisotopic (exact) mass is 430 g/mol. The molecule has 1 amide bonds. The average Bonchev–Trinajstić information content (AvgIpc) is 3.15. The summed E-state index contributed by atoms with van der Waals surface area (Å²) in [7, 11) is 0. The molecule has 0 spiro atoms. The second-order valence-electron chi connectivity index (χ2n) is 7.61. The Kier molecular flexibility index (Phi) is 5.97. The summed E-state index contributed by atoms with van der Waals surface area (Å²) < 4.78 is 27.8. The molecule has 158 valence electrons. The highest BCUT2D eigenvalue weighted by Gasteiger charge is 2.21. The van der Waals surface area contributed by atoms with Crippen LogP contribution in [0.3, 0.4) is 0 Å². The van der Waals surface area contributed by atoms with Gasteiger partial charge >= 0.3 is 0 Å². The van der Waals surface area contributed by atoms with Gasteiger partial charge < -0.3 is 10.2 Å². The van der Waals surface area contributed by atoms with E-state index in [1.165, 1.54) is 23.0 Å². The van der Waals surface area contributed by atoms with Crippen LogP contribution in [0.5, 0.6) is 0 Å². The molecule has 1 fully saturated rings. The van der Waals surface area contributed by atoms with Gasteiger partial charge in [0.05, 0.1) is 4.70 Å². The second kappa shape index (κ2) is 8.65. The summed E-state index contributed by atoms with van der Waals surface area (Å²) in [6.07, 6.45) is 0. The molecule has 2 aromatic carbocycles. The van der Waals surface area contributed by atoms with E-state index < -0.39 is 11.6 Å². The summed E-state index contributed by atoms with van der Waals surface area (Å²) in [5, 5.41) is 3.70. The molecule has 1 N–H and O–H groups in total. The number of benzene rings is 2. The van der Waals surface area contributed by atoms with Crippen LogP contribution in [0.1, 0.15) is 21.5 Å². The maximum Gasteiger partial charge on any atom is 0.251 e. The number of nitrogens with one attached hydrogen (secondary N) is 1. The van der Waals surface area contributed by atoms with Crippen LogP contribution in [-0.2, 0) is 0 Å². The Labute approximate surface area is 178 Å². The van der Waals surface area contributed by atoms with Gasteiger partial charge in [-0.1, -0.05) is 17.4 Å². The molecule has 0 unspecified atom stereocenters. The minimum Gasteiger partial charge on any atom is -0.351 e.